The van der Waals surface area contributed by atoms with Crippen LogP contribution in [-0.2, 0) is 4.79 Å². The van der Waals surface area contributed by atoms with Gasteiger partial charge in [-0.2, -0.15) is 0 Å². The third-order valence-electron chi connectivity index (χ3n) is 4.87. The van der Waals surface area contributed by atoms with Gasteiger partial charge in [-0.15, -0.1) is 0 Å². The molecule has 1 aromatic rings. The second-order valence-electron chi connectivity index (χ2n) is 6.82. The minimum atomic E-state index is -0.450. The standard InChI is InChI=1S/C19H27N3O4/c1-3-4-5-10-20-18(23)15-8-11-21(12-9-15)19(24)16-6-7-17(22(25)26)14(2)13-16/h6-7,13,15H,3-5,8-12H2,1-2H3,(H,20,23). The molecule has 0 atom stereocenters. The van der Waals surface area contributed by atoms with E-state index in [-0.39, 0.29) is 23.4 Å². The zero-order chi connectivity index (χ0) is 19.1. The summed E-state index contributed by atoms with van der Waals surface area (Å²) in [6.07, 6.45) is 4.54. The van der Waals surface area contributed by atoms with Crippen molar-refractivity contribution in [2.45, 2.75) is 46.0 Å². The summed E-state index contributed by atoms with van der Waals surface area (Å²) in [5.41, 5.74) is 0.942. The Morgan fingerprint density at radius 3 is 2.54 bits per heavy atom. The van der Waals surface area contributed by atoms with Crippen molar-refractivity contribution >= 4 is 17.5 Å². The number of aryl methyl sites for hydroxylation is 1. The van der Waals surface area contributed by atoms with E-state index in [0.29, 0.717) is 43.6 Å². The minimum Gasteiger partial charge on any atom is -0.356 e. The first-order valence-corrected chi connectivity index (χ1v) is 9.26. The quantitative estimate of drug-likeness (QED) is 0.459. The largest absolute Gasteiger partial charge is 0.356 e. The molecule has 0 spiro atoms. The van der Waals surface area contributed by atoms with Crippen molar-refractivity contribution in [1.82, 2.24) is 10.2 Å². The molecule has 1 fully saturated rings. The average Bonchev–Trinajstić information content (AvgIpc) is 2.64. The van der Waals surface area contributed by atoms with Crippen LogP contribution in [0.4, 0.5) is 5.69 Å². The van der Waals surface area contributed by atoms with E-state index in [0.717, 1.165) is 19.3 Å². The summed E-state index contributed by atoms with van der Waals surface area (Å²) in [5.74, 6) is -0.0940. The van der Waals surface area contributed by atoms with E-state index in [9.17, 15) is 19.7 Å². The Morgan fingerprint density at radius 2 is 1.96 bits per heavy atom. The number of carbonyl (C=O) groups is 2. The van der Waals surface area contributed by atoms with E-state index >= 15 is 0 Å². The molecule has 1 saturated heterocycles. The predicted molar refractivity (Wildman–Crippen MR) is 99.0 cm³/mol. The molecule has 1 aromatic carbocycles. The first-order valence-electron chi connectivity index (χ1n) is 9.26. The van der Waals surface area contributed by atoms with Gasteiger partial charge in [0.05, 0.1) is 4.92 Å². The number of unbranched alkanes of at least 4 members (excludes halogenated alkanes) is 2. The highest BCUT2D eigenvalue weighted by atomic mass is 16.6. The number of hydrogen-bond acceptors (Lipinski definition) is 4. The molecule has 2 amide bonds. The number of nitrogens with one attached hydrogen (secondary N) is 1. The molecule has 7 heteroatoms. The number of rotatable bonds is 7. The molecule has 7 nitrogen and oxygen atoms in total. The van der Waals surface area contributed by atoms with Crippen LogP contribution in [0.15, 0.2) is 18.2 Å². The smallest absolute Gasteiger partial charge is 0.272 e. The van der Waals surface area contributed by atoms with Crippen molar-refractivity contribution in [1.29, 1.82) is 0 Å². The van der Waals surface area contributed by atoms with Crippen LogP contribution in [-0.4, -0.2) is 41.3 Å². The molecule has 1 aliphatic rings. The molecule has 0 unspecified atom stereocenters. The van der Waals surface area contributed by atoms with Crippen LogP contribution in [0.1, 0.15) is 54.9 Å². The van der Waals surface area contributed by atoms with Crippen LogP contribution in [0.25, 0.3) is 0 Å². The highest BCUT2D eigenvalue weighted by Crippen LogP contribution is 2.22. The van der Waals surface area contributed by atoms with Gasteiger partial charge in [-0.05, 0) is 38.3 Å². The van der Waals surface area contributed by atoms with Crippen molar-refractivity contribution in [2.75, 3.05) is 19.6 Å². The van der Waals surface area contributed by atoms with Crippen molar-refractivity contribution in [2.24, 2.45) is 5.92 Å². The molecule has 26 heavy (non-hydrogen) atoms. The SMILES string of the molecule is CCCCCNC(=O)C1CCN(C(=O)c2ccc([N+](=O)[O-])c(C)c2)CC1. The van der Waals surface area contributed by atoms with E-state index in [4.69, 9.17) is 0 Å². The lowest BCUT2D eigenvalue weighted by Gasteiger charge is -2.31. The van der Waals surface area contributed by atoms with E-state index in [1.165, 1.54) is 12.1 Å². The van der Waals surface area contributed by atoms with Crippen LogP contribution >= 0.6 is 0 Å². The fourth-order valence-corrected chi connectivity index (χ4v) is 3.25. The Labute approximate surface area is 153 Å². The number of benzene rings is 1. The number of nitrogens with zero attached hydrogens (tertiary/aromatic N) is 2. The summed E-state index contributed by atoms with van der Waals surface area (Å²) in [7, 11) is 0. The normalized spacial score (nSPS) is 14.9. The topological polar surface area (TPSA) is 92.6 Å². The maximum absolute atomic E-state index is 12.6. The number of likely N-dealkylation sites (tertiary alicyclic amines) is 1. The summed E-state index contributed by atoms with van der Waals surface area (Å²) in [6.45, 7) is 5.53. The fraction of sp³-hybridized carbons (Fsp3) is 0.579. The molecule has 0 saturated carbocycles. The molecule has 142 valence electrons. The zero-order valence-corrected chi connectivity index (χ0v) is 15.5. The number of nitro benzene ring substituents is 1. The van der Waals surface area contributed by atoms with Crippen LogP contribution in [0.5, 0.6) is 0 Å². The van der Waals surface area contributed by atoms with Crippen molar-refractivity contribution < 1.29 is 14.5 Å². The third kappa shape index (κ3) is 5.03. The number of hydrogen-bond donors (Lipinski definition) is 1. The number of carbonyl (C=O) groups excluding carboxylic acids is 2. The Morgan fingerprint density at radius 1 is 1.27 bits per heavy atom. The maximum Gasteiger partial charge on any atom is 0.272 e. The minimum absolute atomic E-state index is 0.0139. The first-order chi connectivity index (χ1) is 12.4. The van der Waals surface area contributed by atoms with E-state index < -0.39 is 4.92 Å². The number of amides is 2. The van der Waals surface area contributed by atoms with Gasteiger partial charge >= 0.3 is 0 Å². The summed E-state index contributed by atoms with van der Waals surface area (Å²) in [4.78, 5) is 36.9. The van der Waals surface area contributed by atoms with Crippen LogP contribution in [0.2, 0.25) is 0 Å². The van der Waals surface area contributed by atoms with Gasteiger partial charge in [-0.25, -0.2) is 0 Å². The Bertz CT molecular complexity index is 667. The van der Waals surface area contributed by atoms with E-state index in [2.05, 4.69) is 12.2 Å². The Hall–Kier alpha value is -2.44. The van der Waals surface area contributed by atoms with Gasteiger partial charge in [0.2, 0.25) is 5.91 Å². The summed E-state index contributed by atoms with van der Waals surface area (Å²) in [5, 5.41) is 13.9. The zero-order valence-electron chi connectivity index (χ0n) is 15.5. The van der Waals surface area contributed by atoms with Crippen molar-refractivity contribution in [3.8, 4) is 0 Å². The monoisotopic (exact) mass is 361 g/mol. The molecule has 1 heterocycles. The lowest BCUT2D eigenvalue weighted by Crippen LogP contribution is -2.43. The van der Waals surface area contributed by atoms with Gasteiger partial charge < -0.3 is 10.2 Å². The van der Waals surface area contributed by atoms with Crippen LogP contribution in [0.3, 0.4) is 0 Å². The summed E-state index contributed by atoms with van der Waals surface area (Å²) >= 11 is 0. The van der Waals surface area contributed by atoms with Gasteiger partial charge in [-0.3, -0.25) is 19.7 Å². The maximum atomic E-state index is 12.6. The number of piperidine rings is 1. The Kier molecular flexibility index (Phi) is 7.12. The predicted octanol–water partition coefficient (Wildman–Crippen LogP) is 3.06. The average molecular weight is 361 g/mol. The second-order valence-corrected chi connectivity index (χ2v) is 6.82. The summed E-state index contributed by atoms with van der Waals surface area (Å²) < 4.78 is 0. The second kappa shape index (κ2) is 9.31. The molecule has 0 radical (unpaired) electrons. The number of nitro groups is 1. The van der Waals surface area contributed by atoms with Crippen LogP contribution in [0, 0.1) is 23.0 Å². The van der Waals surface area contributed by atoms with Gasteiger partial charge in [0.1, 0.15) is 0 Å². The van der Waals surface area contributed by atoms with Gasteiger partial charge in [0.25, 0.3) is 11.6 Å². The lowest BCUT2D eigenvalue weighted by atomic mass is 9.95. The molecule has 2 rings (SSSR count). The molecule has 0 aromatic heterocycles. The molecule has 0 bridgehead atoms. The molecular weight excluding hydrogens is 334 g/mol. The summed E-state index contributed by atoms with van der Waals surface area (Å²) in [6, 6.07) is 4.44. The third-order valence-corrected chi connectivity index (χ3v) is 4.87. The molecule has 0 aliphatic carbocycles. The first kappa shape index (κ1) is 19.9. The van der Waals surface area contributed by atoms with Gasteiger partial charge in [0, 0.05) is 42.7 Å². The van der Waals surface area contributed by atoms with Crippen molar-refractivity contribution in [3.63, 3.8) is 0 Å². The highest BCUT2D eigenvalue weighted by Gasteiger charge is 2.28. The van der Waals surface area contributed by atoms with E-state index in [1.807, 2.05) is 0 Å². The van der Waals surface area contributed by atoms with E-state index in [1.54, 1.807) is 17.9 Å². The molecule has 1 aliphatic heterocycles. The lowest BCUT2D eigenvalue weighted by molar-refractivity contribution is -0.385. The molecule has 1 N–H and O–H groups in total. The Balaban J connectivity index is 1.87. The highest BCUT2D eigenvalue weighted by molar-refractivity contribution is 5.95. The molecular formula is C19H27N3O4. The van der Waals surface area contributed by atoms with Gasteiger partial charge in [-0.1, -0.05) is 19.8 Å². The van der Waals surface area contributed by atoms with Gasteiger partial charge in [0.15, 0.2) is 0 Å². The van der Waals surface area contributed by atoms with Crippen LogP contribution < -0.4 is 5.32 Å². The fourth-order valence-electron chi connectivity index (χ4n) is 3.25. The van der Waals surface area contributed by atoms with Crippen molar-refractivity contribution in [3.05, 3.63) is 39.4 Å².